The number of benzene rings is 2. The molecule has 0 aliphatic rings. The van der Waals surface area contributed by atoms with E-state index in [1.807, 2.05) is 0 Å². The topological polar surface area (TPSA) is 102 Å². The molecule has 0 radical (unpaired) electrons. The number of hydrogen-bond donors (Lipinski definition) is 1. The van der Waals surface area contributed by atoms with Crippen LogP contribution < -0.4 is 10.5 Å². The highest BCUT2D eigenvalue weighted by atomic mass is 32.2. The molecule has 0 saturated heterocycles. The molecule has 0 aliphatic heterocycles. The summed E-state index contributed by atoms with van der Waals surface area (Å²) in [5.74, 6) is 0.00275. The van der Waals surface area contributed by atoms with Crippen LogP contribution >= 0.6 is 0 Å². The first kappa shape index (κ1) is 19.2. The molecular weight excluding hydrogens is 372 g/mol. The molecule has 27 heavy (non-hydrogen) atoms. The van der Waals surface area contributed by atoms with Crippen molar-refractivity contribution in [2.75, 3.05) is 20.7 Å². The van der Waals surface area contributed by atoms with E-state index in [0.29, 0.717) is 16.8 Å². The zero-order chi connectivity index (χ0) is 19.8. The van der Waals surface area contributed by atoms with Crippen molar-refractivity contribution in [1.82, 2.24) is 8.87 Å². The van der Waals surface area contributed by atoms with Crippen LogP contribution in [-0.4, -0.2) is 43.1 Å². The third-order valence-electron chi connectivity index (χ3n) is 4.38. The molecule has 0 bridgehead atoms. The number of methoxy groups -OCH3 is 1. The summed E-state index contributed by atoms with van der Waals surface area (Å²) in [4.78, 5) is 11.6. The van der Waals surface area contributed by atoms with Gasteiger partial charge in [0.05, 0.1) is 23.6 Å². The number of aliphatic hydroxyl groups excluding tert-OH is 1. The number of aryl methyl sites for hydroxylation is 1. The van der Waals surface area contributed by atoms with Gasteiger partial charge in [0.25, 0.3) is 0 Å². The number of likely N-dealkylation sites (N-methyl/N-ethyl adjacent to an activating group) is 1. The molecule has 1 aromatic heterocycles. The summed E-state index contributed by atoms with van der Waals surface area (Å²) < 4.78 is 38.2. The fourth-order valence-electron chi connectivity index (χ4n) is 2.75. The Bertz CT molecular complexity index is 1130. The maximum Gasteiger partial charge on any atom is 0.419 e. The highest BCUT2D eigenvalue weighted by molar-refractivity contribution is 7.89. The van der Waals surface area contributed by atoms with Gasteiger partial charge in [0.15, 0.2) is 5.58 Å². The van der Waals surface area contributed by atoms with Gasteiger partial charge in [-0.3, -0.25) is 4.57 Å². The summed E-state index contributed by atoms with van der Waals surface area (Å²) in [6, 6.07) is 11.0. The van der Waals surface area contributed by atoms with Crippen molar-refractivity contribution in [3.63, 3.8) is 0 Å². The SMILES string of the molecule is COc1cccc(C(O)CN(C)S(=O)(=O)c2ccc3c(c2)oc(=O)n3C)c1. The molecule has 3 rings (SSSR count). The molecule has 0 amide bonds. The van der Waals surface area contributed by atoms with Crippen LogP contribution in [0.25, 0.3) is 11.1 Å². The number of aromatic nitrogens is 1. The van der Waals surface area contributed by atoms with Crippen molar-refractivity contribution in [1.29, 1.82) is 0 Å². The third-order valence-corrected chi connectivity index (χ3v) is 6.20. The van der Waals surface area contributed by atoms with Gasteiger partial charge in [0, 0.05) is 26.7 Å². The van der Waals surface area contributed by atoms with E-state index >= 15 is 0 Å². The van der Waals surface area contributed by atoms with Crippen LogP contribution in [0.1, 0.15) is 11.7 Å². The predicted octanol–water partition coefficient (Wildman–Crippen LogP) is 1.49. The average molecular weight is 392 g/mol. The Balaban J connectivity index is 1.86. The zero-order valence-electron chi connectivity index (χ0n) is 15.1. The minimum absolute atomic E-state index is 0.0234. The van der Waals surface area contributed by atoms with E-state index in [1.54, 1.807) is 31.3 Å². The highest BCUT2D eigenvalue weighted by Gasteiger charge is 2.25. The summed E-state index contributed by atoms with van der Waals surface area (Å²) in [5, 5.41) is 10.4. The third kappa shape index (κ3) is 3.61. The van der Waals surface area contributed by atoms with Crippen LogP contribution in [0.5, 0.6) is 5.75 Å². The smallest absolute Gasteiger partial charge is 0.419 e. The Morgan fingerprint density at radius 3 is 2.70 bits per heavy atom. The van der Waals surface area contributed by atoms with E-state index in [9.17, 15) is 18.3 Å². The van der Waals surface area contributed by atoms with Gasteiger partial charge in [-0.05, 0) is 29.8 Å². The van der Waals surface area contributed by atoms with Gasteiger partial charge in [0.1, 0.15) is 5.75 Å². The quantitative estimate of drug-likeness (QED) is 0.682. The van der Waals surface area contributed by atoms with Gasteiger partial charge in [-0.15, -0.1) is 0 Å². The number of hydrogen-bond acceptors (Lipinski definition) is 6. The summed E-state index contributed by atoms with van der Waals surface area (Å²) in [5.41, 5.74) is 1.23. The average Bonchev–Trinajstić information content (AvgIpc) is 2.95. The second kappa shape index (κ2) is 7.18. The molecule has 1 N–H and O–H groups in total. The normalized spacial score (nSPS) is 13.2. The van der Waals surface area contributed by atoms with Gasteiger partial charge < -0.3 is 14.3 Å². The van der Waals surface area contributed by atoms with Crippen LogP contribution in [0.3, 0.4) is 0 Å². The molecule has 0 spiro atoms. The van der Waals surface area contributed by atoms with Gasteiger partial charge in [0.2, 0.25) is 10.0 Å². The van der Waals surface area contributed by atoms with Gasteiger partial charge >= 0.3 is 5.76 Å². The van der Waals surface area contributed by atoms with E-state index in [-0.39, 0.29) is 17.0 Å². The number of sulfonamides is 1. The molecule has 9 heteroatoms. The lowest BCUT2D eigenvalue weighted by molar-refractivity contribution is 0.154. The minimum Gasteiger partial charge on any atom is -0.497 e. The number of rotatable bonds is 6. The van der Waals surface area contributed by atoms with Gasteiger partial charge in [-0.25, -0.2) is 13.2 Å². The molecular formula is C18H20N2O6S. The summed E-state index contributed by atoms with van der Waals surface area (Å²) in [6.45, 7) is -0.147. The van der Waals surface area contributed by atoms with Crippen LogP contribution in [0.2, 0.25) is 0 Å². The van der Waals surface area contributed by atoms with Crippen molar-refractivity contribution < 1.29 is 22.7 Å². The second-order valence-electron chi connectivity index (χ2n) is 6.13. The second-order valence-corrected chi connectivity index (χ2v) is 8.18. The fraction of sp³-hybridized carbons (Fsp3) is 0.278. The minimum atomic E-state index is -3.88. The van der Waals surface area contributed by atoms with Crippen molar-refractivity contribution in [2.45, 2.75) is 11.0 Å². The van der Waals surface area contributed by atoms with Crippen molar-refractivity contribution in [2.24, 2.45) is 7.05 Å². The molecule has 0 saturated carbocycles. The van der Waals surface area contributed by atoms with Crippen molar-refractivity contribution >= 4 is 21.1 Å². The number of oxazole rings is 1. The Morgan fingerprint density at radius 2 is 2.00 bits per heavy atom. The Kier molecular flexibility index (Phi) is 5.09. The van der Waals surface area contributed by atoms with Gasteiger partial charge in [-0.1, -0.05) is 12.1 Å². The first-order valence-corrected chi connectivity index (χ1v) is 9.56. The van der Waals surface area contributed by atoms with E-state index in [0.717, 1.165) is 4.31 Å². The molecule has 0 aliphatic carbocycles. The predicted molar refractivity (Wildman–Crippen MR) is 99.2 cm³/mol. The van der Waals surface area contributed by atoms with E-state index in [2.05, 4.69) is 0 Å². The van der Waals surface area contributed by atoms with Crippen molar-refractivity contribution in [3.05, 3.63) is 58.6 Å². The summed E-state index contributed by atoms with van der Waals surface area (Å²) in [7, 11) is 0.552. The summed E-state index contributed by atoms with van der Waals surface area (Å²) >= 11 is 0. The van der Waals surface area contributed by atoms with Crippen LogP contribution in [0.4, 0.5) is 0 Å². The van der Waals surface area contributed by atoms with E-state index in [4.69, 9.17) is 9.15 Å². The molecule has 1 heterocycles. The lowest BCUT2D eigenvalue weighted by Crippen LogP contribution is -2.31. The van der Waals surface area contributed by atoms with Crippen molar-refractivity contribution in [3.8, 4) is 5.75 Å². The summed E-state index contributed by atoms with van der Waals surface area (Å²) in [6.07, 6.45) is -1.03. The molecule has 144 valence electrons. The fourth-order valence-corrected chi connectivity index (χ4v) is 3.94. The van der Waals surface area contributed by atoms with E-state index in [1.165, 1.54) is 36.9 Å². The Labute approximate surface area is 156 Å². The number of ether oxygens (including phenoxy) is 1. The van der Waals surface area contributed by atoms with Crippen LogP contribution in [-0.2, 0) is 17.1 Å². The number of fused-ring (bicyclic) bond motifs is 1. The lowest BCUT2D eigenvalue weighted by atomic mass is 10.1. The molecule has 1 unspecified atom stereocenters. The zero-order valence-corrected chi connectivity index (χ0v) is 15.9. The first-order valence-electron chi connectivity index (χ1n) is 8.12. The monoisotopic (exact) mass is 392 g/mol. The molecule has 0 fully saturated rings. The molecule has 3 aromatic rings. The molecule has 8 nitrogen and oxygen atoms in total. The number of nitrogens with zero attached hydrogens (tertiary/aromatic N) is 2. The Hall–Kier alpha value is -2.62. The van der Waals surface area contributed by atoms with Crippen LogP contribution in [0, 0.1) is 0 Å². The first-order chi connectivity index (χ1) is 12.7. The molecule has 2 aromatic carbocycles. The largest absolute Gasteiger partial charge is 0.497 e. The lowest BCUT2D eigenvalue weighted by Gasteiger charge is -2.21. The molecule has 1 atom stereocenters. The highest BCUT2D eigenvalue weighted by Crippen LogP contribution is 2.24. The van der Waals surface area contributed by atoms with Crippen LogP contribution in [0.15, 0.2) is 56.6 Å². The Morgan fingerprint density at radius 1 is 1.26 bits per heavy atom. The maximum absolute atomic E-state index is 12.8. The van der Waals surface area contributed by atoms with E-state index < -0.39 is 21.9 Å². The standard InChI is InChI=1S/C18H20N2O6S/c1-19(11-16(21)12-5-4-6-13(9-12)25-3)27(23,24)14-7-8-15-17(10-14)26-18(22)20(15)2/h4-10,16,21H,11H2,1-3H3. The maximum atomic E-state index is 12.8. The van der Waals surface area contributed by atoms with Gasteiger partial charge in [-0.2, -0.15) is 4.31 Å². The number of aliphatic hydroxyl groups is 1.